The molecular formula is C11H15F3N2O. The quantitative estimate of drug-likeness (QED) is 0.829. The number of aliphatic hydroxyl groups is 1. The van der Waals surface area contributed by atoms with E-state index in [-0.39, 0.29) is 5.56 Å². The predicted molar refractivity (Wildman–Crippen MR) is 55.4 cm³/mol. The molecular weight excluding hydrogens is 233 g/mol. The first-order valence-corrected chi connectivity index (χ1v) is 5.67. The molecule has 1 atom stereocenters. The normalized spacial score (nSPS) is 24.8. The molecule has 1 unspecified atom stereocenters. The topological polar surface area (TPSA) is 38.0 Å². The largest absolute Gasteiger partial charge is 0.435 e. The van der Waals surface area contributed by atoms with Crippen LogP contribution in [0.1, 0.15) is 43.6 Å². The highest BCUT2D eigenvalue weighted by Crippen LogP contribution is 2.41. The molecule has 0 saturated carbocycles. The lowest BCUT2D eigenvalue weighted by molar-refractivity contribution is -0.142. The van der Waals surface area contributed by atoms with Gasteiger partial charge < -0.3 is 5.11 Å². The molecule has 1 aromatic heterocycles. The van der Waals surface area contributed by atoms with Crippen molar-refractivity contribution < 1.29 is 18.3 Å². The molecule has 0 aromatic carbocycles. The fraction of sp³-hybridized carbons (Fsp3) is 0.727. The number of hydrogen-bond donors (Lipinski definition) is 1. The van der Waals surface area contributed by atoms with Gasteiger partial charge in [0.1, 0.15) is 5.60 Å². The lowest BCUT2D eigenvalue weighted by atomic mass is 9.84. The van der Waals surface area contributed by atoms with Crippen LogP contribution in [-0.4, -0.2) is 14.9 Å². The Morgan fingerprint density at radius 1 is 1.47 bits per heavy atom. The monoisotopic (exact) mass is 248 g/mol. The van der Waals surface area contributed by atoms with E-state index in [0.29, 0.717) is 31.5 Å². The first kappa shape index (κ1) is 12.4. The lowest BCUT2D eigenvalue weighted by Gasteiger charge is -2.29. The molecule has 0 amide bonds. The number of alkyl halides is 3. The minimum Gasteiger partial charge on any atom is -0.384 e. The summed E-state index contributed by atoms with van der Waals surface area (Å²) in [4.78, 5) is 0. The highest BCUT2D eigenvalue weighted by atomic mass is 19.4. The van der Waals surface area contributed by atoms with Gasteiger partial charge in [0.15, 0.2) is 5.69 Å². The lowest BCUT2D eigenvalue weighted by Crippen LogP contribution is -2.30. The molecule has 3 nitrogen and oxygen atoms in total. The Morgan fingerprint density at radius 2 is 2.12 bits per heavy atom. The van der Waals surface area contributed by atoms with E-state index in [0.717, 1.165) is 0 Å². The second-order valence-corrected chi connectivity index (χ2v) is 4.62. The van der Waals surface area contributed by atoms with Gasteiger partial charge in [0.25, 0.3) is 0 Å². The minimum absolute atomic E-state index is 0.163. The van der Waals surface area contributed by atoms with Crippen molar-refractivity contribution >= 4 is 0 Å². The Balaban J connectivity index is 2.65. The zero-order valence-corrected chi connectivity index (χ0v) is 9.80. The van der Waals surface area contributed by atoms with Crippen LogP contribution >= 0.6 is 0 Å². The first-order chi connectivity index (χ1) is 7.77. The van der Waals surface area contributed by atoms with E-state index in [1.54, 1.807) is 13.8 Å². The summed E-state index contributed by atoms with van der Waals surface area (Å²) in [6.45, 7) is 3.60. The second kappa shape index (κ2) is 3.73. The van der Waals surface area contributed by atoms with Crippen molar-refractivity contribution in [3.8, 4) is 0 Å². The van der Waals surface area contributed by atoms with E-state index in [9.17, 15) is 18.3 Å². The SMILES string of the molecule is CCn1nc(C(F)(F)F)c2c1C(C)(O)CCC2. The van der Waals surface area contributed by atoms with Crippen LogP contribution in [0.5, 0.6) is 0 Å². The molecule has 6 heteroatoms. The summed E-state index contributed by atoms with van der Waals surface area (Å²) in [5.41, 5.74) is -1.55. The maximum atomic E-state index is 12.8. The molecule has 0 aliphatic heterocycles. The van der Waals surface area contributed by atoms with Crippen molar-refractivity contribution in [1.29, 1.82) is 0 Å². The highest BCUT2D eigenvalue weighted by molar-refractivity contribution is 5.34. The third kappa shape index (κ3) is 1.94. The van der Waals surface area contributed by atoms with Crippen LogP contribution < -0.4 is 0 Å². The van der Waals surface area contributed by atoms with Crippen LogP contribution in [0.2, 0.25) is 0 Å². The average Bonchev–Trinajstić information content (AvgIpc) is 2.56. The molecule has 1 aromatic rings. The summed E-state index contributed by atoms with van der Waals surface area (Å²) in [6, 6.07) is 0. The fourth-order valence-corrected chi connectivity index (χ4v) is 2.52. The number of fused-ring (bicyclic) bond motifs is 1. The van der Waals surface area contributed by atoms with Gasteiger partial charge in [0.2, 0.25) is 0 Å². The summed E-state index contributed by atoms with van der Waals surface area (Å²) < 4.78 is 39.7. The molecule has 1 heterocycles. The van der Waals surface area contributed by atoms with Crippen LogP contribution in [0.25, 0.3) is 0 Å². The molecule has 0 radical (unpaired) electrons. The summed E-state index contributed by atoms with van der Waals surface area (Å²) in [7, 11) is 0. The molecule has 2 rings (SSSR count). The Labute approximate surface area is 97.2 Å². The van der Waals surface area contributed by atoms with Gasteiger partial charge in [-0.2, -0.15) is 18.3 Å². The number of aromatic nitrogens is 2. The first-order valence-electron chi connectivity index (χ1n) is 5.67. The third-order valence-electron chi connectivity index (χ3n) is 3.22. The number of halogens is 3. The number of rotatable bonds is 1. The average molecular weight is 248 g/mol. The van der Waals surface area contributed by atoms with Gasteiger partial charge >= 0.3 is 6.18 Å². The molecule has 0 spiro atoms. The summed E-state index contributed by atoms with van der Waals surface area (Å²) >= 11 is 0. The van der Waals surface area contributed by atoms with Crippen molar-refractivity contribution in [3.63, 3.8) is 0 Å². The van der Waals surface area contributed by atoms with Crippen molar-refractivity contribution in [3.05, 3.63) is 17.0 Å². The zero-order valence-electron chi connectivity index (χ0n) is 9.80. The molecule has 0 bridgehead atoms. The van der Waals surface area contributed by atoms with Crippen LogP contribution in [0.3, 0.4) is 0 Å². The van der Waals surface area contributed by atoms with Crippen molar-refractivity contribution in [2.75, 3.05) is 0 Å². The predicted octanol–water partition coefficient (Wildman–Crippen LogP) is 2.47. The maximum Gasteiger partial charge on any atom is 0.435 e. The maximum absolute atomic E-state index is 12.8. The summed E-state index contributed by atoms with van der Waals surface area (Å²) in [6.07, 6.45) is -3.08. The van der Waals surface area contributed by atoms with Crippen molar-refractivity contribution in [2.24, 2.45) is 0 Å². The molecule has 0 fully saturated rings. The molecule has 1 aliphatic carbocycles. The van der Waals surface area contributed by atoms with E-state index >= 15 is 0 Å². The number of aryl methyl sites for hydroxylation is 1. The third-order valence-corrected chi connectivity index (χ3v) is 3.22. The van der Waals surface area contributed by atoms with Crippen LogP contribution in [0.15, 0.2) is 0 Å². The molecule has 17 heavy (non-hydrogen) atoms. The number of nitrogens with zero attached hydrogens (tertiary/aromatic N) is 2. The van der Waals surface area contributed by atoms with Crippen LogP contribution in [-0.2, 0) is 24.7 Å². The van der Waals surface area contributed by atoms with E-state index in [2.05, 4.69) is 5.10 Å². The molecule has 96 valence electrons. The van der Waals surface area contributed by atoms with Gasteiger partial charge in [0.05, 0.1) is 5.69 Å². The van der Waals surface area contributed by atoms with Crippen molar-refractivity contribution in [1.82, 2.24) is 9.78 Å². The van der Waals surface area contributed by atoms with E-state index in [4.69, 9.17) is 0 Å². The Bertz CT molecular complexity index is 435. The minimum atomic E-state index is -4.45. The van der Waals surface area contributed by atoms with Crippen molar-refractivity contribution in [2.45, 2.75) is 51.4 Å². The van der Waals surface area contributed by atoms with Crippen LogP contribution in [0, 0.1) is 0 Å². The van der Waals surface area contributed by atoms with E-state index in [1.165, 1.54) is 4.68 Å². The highest BCUT2D eigenvalue weighted by Gasteiger charge is 2.44. The fourth-order valence-electron chi connectivity index (χ4n) is 2.52. The molecule has 0 saturated heterocycles. The Kier molecular flexibility index (Phi) is 2.72. The smallest absolute Gasteiger partial charge is 0.384 e. The van der Waals surface area contributed by atoms with Gasteiger partial charge in [-0.1, -0.05) is 0 Å². The van der Waals surface area contributed by atoms with Gasteiger partial charge in [-0.05, 0) is 33.1 Å². The van der Waals surface area contributed by atoms with Crippen LogP contribution in [0.4, 0.5) is 13.2 Å². The Morgan fingerprint density at radius 3 is 2.65 bits per heavy atom. The standard InChI is InChI=1S/C11H15F3N2O/c1-3-16-9-7(5-4-6-10(9,2)17)8(15-16)11(12,13)14/h17H,3-6H2,1-2H3. The second-order valence-electron chi connectivity index (χ2n) is 4.62. The van der Waals surface area contributed by atoms with Gasteiger partial charge in [-0.15, -0.1) is 0 Å². The van der Waals surface area contributed by atoms with E-state index in [1.807, 2.05) is 0 Å². The number of hydrogen-bond acceptors (Lipinski definition) is 2. The Hall–Kier alpha value is -1.04. The zero-order chi connectivity index (χ0) is 12.8. The van der Waals surface area contributed by atoms with Gasteiger partial charge in [0, 0.05) is 12.1 Å². The van der Waals surface area contributed by atoms with Gasteiger partial charge in [-0.25, -0.2) is 0 Å². The molecule has 1 N–H and O–H groups in total. The summed E-state index contributed by atoms with van der Waals surface area (Å²) in [5.74, 6) is 0. The van der Waals surface area contributed by atoms with Gasteiger partial charge in [-0.3, -0.25) is 4.68 Å². The summed E-state index contributed by atoms with van der Waals surface area (Å²) in [5, 5.41) is 13.8. The molecule has 1 aliphatic rings. The van der Waals surface area contributed by atoms with E-state index < -0.39 is 17.5 Å².